The molecule has 6 nitrogen and oxygen atoms in total. The van der Waals surface area contributed by atoms with E-state index >= 15 is 4.39 Å². The first-order chi connectivity index (χ1) is 17.9. The number of carboxylic acids is 1. The second-order valence-electron chi connectivity index (χ2n) is 9.13. The third-order valence-electron chi connectivity index (χ3n) is 6.92. The highest BCUT2D eigenvalue weighted by Gasteiger charge is 2.34. The Balaban J connectivity index is 1.39. The molecule has 8 heteroatoms. The summed E-state index contributed by atoms with van der Waals surface area (Å²) >= 11 is 0. The number of benzene rings is 2. The van der Waals surface area contributed by atoms with Crippen molar-refractivity contribution >= 4 is 16.9 Å². The summed E-state index contributed by atoms with van der Waals surface area (Å²) in [5, 5.41) is 19.7. The number of rotatable bonds is 7. The minimum absolute atomic E-state index is 0.0988. The van der Waals surface area contributed by atoms with Crippen molar-refractivity contribution in [2.45, 2.75) is 25.4 Å². The quantitative estimate of drug-likeness (QED) is 0.451. The number of hydrogen-bond donors (Lipinski definition) is 1. The number of hydrogen-bond acceptors (Lipinski definition) is 5. The summed E-state index contributed by atoms with van der Waals surface area (Å²) in [6.07, 6.45) is 1.59. The average molecular weight is 504 g/mol. The van der Waals surface area contributed by atoms with Gasteiger partial charge in [0, 0.05) is 23.7 Å². The summed E-state index contributed by atoms with van der Waals surface area (Å²) in [5.41, 5.74) is 1.41. The molecule has 3 aromatic rings. The number of aliphatic carboxylic acids is 1. The molecular weight excluding hydrogens is 476 g/mol. The molecule has 0 amide bonds. The molecule has 190 valence electrons. The van der Waals surface area contributed by atoms with Crippen molar-refractivity contribution < 1.29 is 23.4 Å². The average Bonchev–Trinajstić information content (AvgIpc) is 2.91. The van der Waals surface area contributed by atoms with Crippen LogP contribution < -0.4 is 4.74 Å². The molecule has 1 saturated heterocycles. The van der Waals surface area contributed by atoms with Crippen LogP contribution in [0.1, 0.15) is 42.1 Å². The normalized spacial score (nSPS) is 18.4. The smallest absolute Gasteiger partial charge is 0.308 e. The lowest BCUT2D eigenvalue weighted by molar-refractivity contribution is -0.146. The van der Waals surface area contributed by atoms with E-state index in [2.05, 4.69) is 16.8 Å². The van der Waals surface area contributed by atoms with Gasteiger partial charge in [-0.1, -0.05) is 17.9 Å². The van der Waals surface area contributed by atoms with Gasteiger partial charge >= 0.3 is 5.97 Å². The Morgan fingerprint density at radius 3 is 2.92 bits per heavy atom. The molecule has 3 atom stereocenters. The third kappa shape index (κ3) is 6.04. The predicted octanol–water partition coefficient (Wildman–Crippen LogP) is 5.12. The molecule has 4 rings (SSSR count). The van der Waals surface area contributed by atoms with Crippen LogP contribution in [0.5, 0.6) is 5.75 Å². The van der Waals surface area contributed by atoms with Crippen LogP contribution >= 0.6 is 0 Å². The molecule has 1 aromatic heterocycles. The molecule has 0 radical (unpaired) electrons. The molecule has 1 N–H and O–H groups in total. The van der Waals surface area contributed by atoms with Crippen LogP contribution in [-0.2, 0) is 4.79 Å². The van der Waals surface area contributed by atoms with Crippen molar-refractivity contribution in [3.63, 3.8) is 0 Å². The van der Waals surface area contributed by atoms with Gasteiger partial charge in [-0.3, -0.25) is 14.7 Å². The fourth-order valence-corrected chi connectivity index (χ4v) is 4.89. The maximum Gasteiger partial charge on any atom is 0.308 e. The first kappa shape index (κ1) is 26.1. The van der Waals surface area contributed by atoms with E-state index < -0.39 is 23.9 Å². The summed E-state index contributed by atoms with van der Waals surface area (Å²) in [4.78, 5) is 18.3. The van der Waals surface area contributed by atoms with E-state index in [0.29, 0.717) is 60.3 Å². The maximum absolute atomic E-state index is 15.4. The Labute approximate surface area is 214 Å². The lowest BCUT2D eigenvalue weighted by atomic mass is 9.81. The third-order valence-corrected chi connectivity index (χ3v) is 6.92. The lowest BCUT2D eigenvalue weighted by Gasteiger charge is -2.35. The van der Waals surface area contributed by atoms with E-state index in [0.717, 1.165) is 0 Å². The molecule has 2 aromatic carbocycles. The molecule has 1 fully saturated rings. The van der Waals surface area contributed by atoms with E-state index in [9.17, 15) is 14.3 Å². The lowest BCUT2D eigenvalue weighted by Crippen LogP contribution is -2.44. The van der Waals surface area contributed by atoms with Crippen LogP contribution in [0, 0.1) is 40.8 Å². The summed E-state index contributed by atoms with van der Waals surface area (Å²) in [6.45, 7) is 1.23. The van der Waals surface area contributed by atoms with Gasteiger partial charge in [0.1, 0.15) is 29.4 Å². The molecule has 1 aliphatic rings. The zero-order chi connectivity index (χ0) is 26.4. The maximum atomic E-state index is 15.4. The molecule has 0 bridgehead atoms. The Morgan fingerprint density at radius 1 is 1.32 bits per heavy atom. The number of carboxylic acid groups (broad SMARTS) is 1. The van der Waals surface area contributed by atoms with Crippen LogP contribution in [0.2, 0.25) is 0 Å². The van der Waals surface area contributed by atoms with E-state index in [4.69, 9.17) is 10.00 Å². The molecule has 0 spiro atoms. The minimum atomic E-state index is -1.25. The number of aromatic nitrogens is 1. The SMILES string of the molecule is COc1ccc2nccc(C(F)CC[C@@H]3CCN(CC#Cc4cccc(F)c4C#N)C[C@@H]3C(=O)O)c2c1. The van der Waals surface area contributed by atoms with Gasteiger partial charge in [0.25, 0.3) is 0 Å². The van der Waals surface area contributed by atoms with Crippen LogP contribution in [0.25, 0.3) is 10.9 Å². The Hall–Kier alpha value is -4.01. The molecule has 1 aliphatic heterocycles. The number of likely N-dealkylation sites (tertiary alicyclic amines) is 1. The topological polar surface area (TPSA) is 86.5 Å². The van der Waals surface area contributed by atoms with E-state index in [1.807, 2.05) is 11.0 Å². The van der Waals surface area contributed by atoms with Gasteiger partial charge in [0.2, 0.25) is 0 Å². The Kier molecular flexibility index (Phi) is 8.32. The largest absolute Gasteiger partial charge is 0.497 e. The Morgan fingerprint density at radius 2 is 2.16 bits per heavy atom. The molecular formula is C29H27F2N3O3. The van der Waals surface area contributed by atoms with Gasteiger partial charge < -0.3 is 9.84 Å². The molecule has 0 saturated carbocycles. The molecule has 2 heterocycles. The van der Waals surface area contributed by atoms with Gasteiger partial charge in [-0.25, -0.2) is 8.78 Å². The van der Waals surface area contributed by atoms with Gasteiger partial charge in [0.05, 0.1) is 25.1 Å². The van der Waals surface area contributed by atoms with Crippen molar-refractivity contribution in [1.82, 2.24) is 9.88 Å². The number of halogens is 2. The number of piperidine rings is 1. The summed E-state index contributed by atoms with van der Waals surface area (Å²) in [7, 11) is 1.55. The van der Waals surface area contributed by atoms with Crippen LogP contribution in [0.3, 0.4) is 0 Å². The zero-order valence-corrected chi connectivity index (χ0v) is 20.5. The first-order valence-electron chi connectivity index (χ1n) is 12.1. The molecule has 0 aliphatic carbocycles. The van der Waals surface area contributed by atoms with Gasteiger partial charge in [-0.05, 0) is 73.7 Å². The summed E-state index contributed by atoms with van der Waals surface area (Å²) < 4.78 is 34.4. The molecule has 37 heavy (non-hydrogen) atoms. The number of ether oxygens (including phenoxy) is 1. The highest BCUT2D eigenvalue weighted by atomic mass is 19.1. The van der Waals surface area contributed by atoms with Gasteiger partial charge in [-0.2, -0.15) is 5.26 Å². The van der Waals surface area contributed by atoms with Crippen molar-refractivity contribution in [2.75, 3.05) is 26.7 Å². The second-order valence-corrected chi connectivity index (χ2v) is 9.13. The van der Waals surface area contributed by atoms with Gasteiger partial charge in [0.15, 0.2) is 0 Å². The number of alkyl halides is 1. The van der Waals surface area contributed by atoms with E-state index in [1.54, 1.807) is 43.6 Å². The summed E-state index contributed by atoms with van der Waals surface area (Å²) in [5.74, 6) is 4.06. The fourth-order valence-electron chi connectivity index (χ4n) is 4.89. The highest BCUT2D eigenvalue weighted by Crippen LogP contribution is 2.35. The van der Waals surface area contributed by atoms with E-state index in [1.165, 1.54) is 12.1 Å². The zero-order valence-electron chi connectivity index (χ0n) is 20.5. The second kappa shape index (κ2) is 11.8. The van der Waals surface area contributed by atoms with Crippen LogP contribution in [0.4, 0.5) is 8.78 Å². The number of methoxy groups -OCH3 is 1. The monoisotopic (exact) mass is 503 g/mol. The number of pyridine rings is 1. The van der Waals surface area contributed by atoms with Crippen LogP contribution in [-0.4, -0.2) is 47.7 Å². The predicted molar refractivity (Wildman–Crippen MR) is 135 cm³/mol. The number of fused-ring (bicyclic) bond motifs is 1. The standard InChI is InChI=1S/C29H27F2N3O3/c1-37-21-8-10-28-23(16-21)22(11-13-33-28)27(31)9-7-20-12-15-34(18-25(20)29(35)36)14-3-5-19-4-2-6-26(30)24(19)17-32/h2,4,6,8,10-11,13,16,20,25,27H,7,9,12,14-15,18H2,1H3,(H,35,36)/t20-,25+,27?/m1/s1. The Bertz CT molecular complexity index is 1390. The highest BCUT2D eigenvalue weighted by molar-refractivity contribution is 5.83. The van der Waals surface area contributed by atoms with Crippen molar-refractivity contribution in [3.05, 3.63) is 71.2 Å². The first-order valence-corrected chi connectivity index (χ1v) is 12.1. The van der Waals surface area contributed by atoms with Crippen molar-refractivity contribution in [1.29, 1.82) is 5.26 Å². The van der Waals surface area contributed by atoms with Crippen molar-refractivity contribution in [2.24, 2.45) is 11.8 Å². The number of nitrogens with zero attached hydrogens (tertiary/aromatic N) is 3. The van der Waals surface area contributed by atoms with Crippen molar-refractivity contribution in [3.8, 4) is 23.7 Å². The fraction of sp³-hybridized carbons (Fsp3) is 0.345. The van der Waals surface area contributed by atoms with E-state index in [-0.39, 0.29) is 17.9 Å². The minimum Gasteiger partial charge on any atom is -0.497 e. The molecule has 1 unspecified atom stereocenters. The summed E-state index contributed by atoms with van der Waals surface area (Å²) in [6, 6.07) is 13.1. The van der Waals surface area contributed by atoms with Crippen LogP contribution in [0.15, 0.2) is 48.7 Å². The van der Waals surface area contributed by atoms with Gasteiger partial charge in [-0.15, -0.1) is 0 Å². The number of nitriles is 1. The number of carbonyl (C=O) groups is 1.